The standard InChI is InChI=1S/C22H25F3N6O2/c1-22(2,33)18(25)11-29-21(32)15-10-27-19(7-17(15)30-14-4-3-13(23)6-14)31-20-16(24)5-12(8-26)9-28-20/h5,7,9-10,13-14,18,33H,3-4,6,11H2,1-2H3,(H,29,32)(H2,27,28,30,31). The average Bonchev–Trinajstić information content (AvgIpc) is 3.17. The zero-order chi connectivity index (χ0) is 24.2. The van der Waals surface area contributed by atoms with Crippen molar-refractivity contribution in [1.82, 2.24) is 15.3 Å². The number of rotatable bonds is 8. The number of hydrogen-bond donors (Lipinski definition) is 4. The molecule has 3 rings (SSSR count). The lowest BCUT2D eigenvalue weighted by Crippen LogP contribution is -2.42. The van der Waals surface area contributed by atoms with E-state index in [4.69, 9.17) is 5.26 Å². The molecule has 4 N–H and O–H groups in total. The predicted molar refractivity (Wildman–Crippen MR) is 116 cm³/mol. The first-order valence-corrected chi connectivity index (χ1v) is 10.4. The van der Waals surface area contributed by atoms with Crippen LogP contribution in [0.2, 0.25) is 0 Å². The molecule has 1 amide bonds. The molecule has 2 aromatic heterocycles. The number of nitrogens with zero attached hydrogens (tertiary/aromatic N) is 3. The fraction of sp³-hybridized carbons (Fsp3) is 0.455. The zero-order valence-corrected chi connectivity index (χ0v) is 18.2. The van der Waals surface area contributed by atoms with Gasteiger partial charge in [0, 0.05) is 24.5 Å². The lowest BCUT2D eigenvalue weighted by atomic mass is 10.0. The Kier molecular flexibility index (Phi) is 7.38. The summed E-state index contributed by atoms with van der Waals surface area (Å²) in [6.45, 7) is 2.17. The minimum absolute atomic E-state index is 0.0552. The Hall–Kier alpha value is -3.39. The third-order valence-electron chi connectivity index (χ3n) is 5.30. The quantitative estimate of drug-likeness (QED) is 0.474. The second kappa shape index (κ2) is 10.0. The first-order chi connectivity index (χ1) is 15.6. The van der Waals surface area contributed by atoms with Gasteiger partial charge in [-0.05, 0) is 39.2 Å². The van der Waals surface area contributed by atoms with E-state index in [1.165, 1.54) is 32.3 Å². The highest BCUT2D eigenvalue weighted by atomic mass is 19.1. The normalized spacial score (nSPS) is 18.9. The zero-order valence-electron chi connectivity index (χ0n) is 18.2. The van der Waals surface area contributed by atoms with Crippen LogP contribution in [0.4, 0.5) is 30.5 Å². The minimum atomic E-state index is -1.70. The van der Waals surface area contributed by atoms with Gasteiger partial charge >= 0.3 is 0 Å². The van der Waals surface area contributed by atoms with Gasteiger partial charge in [0.15, 0.2) is 11.6 Å². The van der Waals surface area contributed by atoms with Crippen molar-refractivity contribution in [2.45, 2.75) is 57.1 Å². The van der Waals surface area contributed by atoms with Gasteiger partial charge in [-0.15, -0.1) is 0 Å². The van der Waals surface area contributed by atoms with E-state index < -0.39 is 36.2 Å². The maximum absolute atomic E-state index is 14.2. The molecule has 33 heavy (non-hydrogen) atoms. The van der Waals surface area contributed by atoms with E-state index in [1.54, 1.807) is 6.07 Å². The highest BCUT2D eigenvalue weighted by Gasteiger charge is 2.28. The lowest BCUT2D eigenvalue weighted by Gasteiger charge is -2.23. The molecule has 2 heterocycles. The number of anilines is 3. The van der Waals surface area contributed by atoms with Crippen molar-refractivity contribution in [1.29, 1.82) is 5.26 Å². The Labute approximate surface area is 189 Å². The van der Waals surface area contributed by atoms with Crippen LogP contribution >= 0.6 is 0 Å². The number of aromatic nitrogens is 2. The molecule has 0 aliphatic heterocycles. The smallest absolute Gasteiger partial charge is 0.255 e. The van der Waals surface area contributed by atoms with Crippen LogP contribution in [0, 0.1) is 17.1 Å². The predicted octanol–water partition coefficient (Wildman–Crippen LogP) is 3.37. The van der Waals surface area contributed by atoms with E-state index >= 15 is 0 Å². The Morgan fingerprint density at radius 2 is 2.09 bits per heavy atom. The first kappa shape index (κ1) is 24.3. The van der Waals surface area contributed by atoms with E-state index in [-0.39, 0.29) is 35.2 Å². The summed E-state index contributed by atoms with van der Waals surface area (Å²) < 4.78 is 41.9. The van der Waals surface area contributed by atoms with Crippen LogP contribution in [0.3, 0.4) is 0 Å². The van der Waals surface area contributed by atoms with Crippen LogP contribution in [0.15, 0.2) is 24.5 Å². The molecular weight excluding hydrogens is 437 g/mol. The summed E-state index contributed by atoms with van der Waals surface area (Å²) in [5.74, 6) is -1.41. The van der Waals surface area contributed by atoms with E-state index in [2.05, 4.69) is 25.9 Å². The van der Waals surface area contributed by atoms with Gasteiger partial charge in [0.05, 0.1) is 29.0 Å². The van der Waals surface area contributed by atoms with E-state index in [0.717, 1.165) is 6.07 Å². The Morgan fingerprint density at radius 3 is 2.70 bits per heavy atom. The number of pyridine rings is 2. The Bertz CT molecular complexity index is 1050. The highest BCUT2D eigenvalue weighted by molar-refractivity contribution is 5.99. The van der Waals surface area contributed by atoms with E-state index in [0.29, 0.717) is 18.5 Å². The number of hydrogen-bond acceptors (Lipinski definition) is 7. The van der Waals surface area contributed by atoms with Gasteiger partial charge < -0.3 is 21.1 Å². The molecule has 0 spiro atoms. The summed E-state index contributed by atoms with van der Waals surface area (Å²) in [7, 11) is 0. The number of carbonyl (C=O) groups excluding carboxylic acids is 1. The van der Waals surface area contributed by atoms with Crippen LogP contribution in [0.5, 0.6) is 0 Å². The molecule has 1 saturated carbocycles. The highest BCUT2D eigenvalue weighted by Crippen LogP contribution is 2.29. The maximum Gasteiger partial charge on any atom is 0.255 e. The van der Waals surface area contributed by atoms with Crippen LogP contribution in [-0.2, 0) is 0 Å². The van der Waals surface area contributed by atoms with Crippen LogP contribution in [0.1, 0.15) is 49.0 Å². The second-order valence-corrected chi connectivity index (χ2v) is 8.49. The first-order valence-electron chi connectivity index (χ1n) is 10.4. The number of halogens is 3. The van der Waals surface area contributed by atoms with Gasteiger partial charge in [0.2, 0.25) is 0 Å². The molecule has 2 aromatic rings. The molecular formula is C22H25F3N6O2. The third-order valence-corrected chi connectivity index (χ3v) is 5.30. The number of aliphatic hydroxyl groups is 1. The topological polar surface area (TPSA) is 123 Å². The molecule has 0 radical (unpaired) electrons. The third kappa shape index (κ3) is 6.32. The van der Waals surface area contributed by atoms with Crippen LogP contribution < -0.4 is 16.0 Å². The van der Waals surface area contributed by atoms with Gasteiger partial charge in [-0.1, -0.05) is 0 Å². The fourth-order valence-corrected chi connectivity index (χ4v) is 3.34. The van der Waals surface area contributed by atoms with Crippen molar-refractivity contribution in [3.05, 3.63) is 41.5 Å². The molecule has 0 saturated heterocycles. The molecule has 1 fully saturated rings. The van der Waals surface area contributed by atoms with Crippen molar-refractivity contribution in [2.75, 3.05) is 17.2 Å². The molecule has 176 valence electrons. The van der Waals surface area contributed by atoms with Crippen molar-refractivity contribution < 1.29 is 23.1 Å². The minimum Gasteiger partial charge on any atom is -0.387 e. The molecule has 1 aliphatic carbocycles. The van der Waals surface area contributed by atoms with Gasteiger partial charge in [-0.25, -0.2) is 23.1 Å². The van der Waals surface area contributed by atoms with Crippen molar-refractivity contribution >= 4 is 23.2 Å². The summed E-state index contributed by atoms with van der Waals surface area (Å²) in [6.07, 6.45) is 0.996. The van der Waals surface area contributed by atoms with E-state index in [9.17, 15) is 23.1 Å². The molecule has 11 heteroatoms. The molecule has 3 atom stereocenters. The summed E-state index contributed by atoms with van der Waals surface area (Å²) in [5.41, 5.74) is -1.19. The molecule has 0 bridgehead atoms. The number of alkyl halides is 2. The lowest BCUT2D eigenvalue weighted by molar-refractivity contribution is -0.00177. The van der Waals surface area contributed by atoms with Gasteiger partial charge in [0.1, 0.15) is 24.2 Å². The SMILES string of the molecule is CC(C)(O)C(F)CNC(=O)c1cnc(Nc2ncc(C#N)cc2F)cc1NC1CCC(F)C1. The molecule has 8 nitrogen and oxygen atoms in total. The van der Waals surface area contributed by atoms with Crippen molar-refractivity contribution in [2.24, 2.45) is 0 Å². The molecule has 0 aromatic carbocycles. The fourth-order valence-electron chi connectivity index (χ4n) is 3.34. The number of carbonyl (C=O) groups is 1. The molecule has 1 aliphatic rings. The van der Waals surface area contributed by atoms with Gasteiger partial charge in [0.25, 0.3) is 5.91 Å². The van der Waals surface area contributed by atoms with E-state index in [1.807, 2.05) is 0 Å². The van der Waals surface area contributed by atoms with Crippen LogP contribution in [0.25, 0.3) is 0 Å². The summed E-state index contributed by atoms with van der Waals surface area (Å²) in [6, 6.07) is 4.03. The molecule has 3 unspecified atom stereocenters. The number of amides is 1. The largest absolute Gasteiger partial charge is 0.387 e. The Balaban J connectivity index is 1.83. The number of nitrogens with one attached hydrogen (secondary N) is 3. The summed E-state index contributed by atoms with van der Waals surface area (Å²) >= 11 is 0. The summed E-state index contributed by atoms with van der Waals surface area (Å²) in [5, 5.41) is 26.8. The second-order valence-electron chi connectivity index (χ2n) is 8.49. The maximum atomic E-state index is 14.2. The van der Waals surface area contributed by atoms with Gasteiger partial charge in [-0.2, -0.15) is 5.26 Å². The van der Waals surface area contributed by atoms with Crippen molar-refractivity contribution in [3.8, 4) is 6.07 Å². The van der Waals surface area contributed by atoms with Crippen LogP contribution in [-0.4, -0.2) is 51.5 Å². The monoisotopic (exact) mass is 462 g/mol. The van der Waals surface area contributed by atoms with Crippen molar-refractivity contribution in [3.63, 3.8) is 0 Å². The number of nitriles is 1. The average molecular weight is 462 g/mol. The van der Waals surface area contributed by atoms with Gasteiger partial charge in [-0.3, -0.25) is 4.79 Å². The Morgan fingerprint density at radius 1 is 1.33 bits per heavy atom. The summed E-state index contributed by atoms with van der Waals surface area (Å²) in [4.78, 5) is 20.6.